The molecule has 1 saturated heterocycles. The van der Waals surface area contributed by atoms with Crippen molar-refractivity contribution in [2.75, 3.05) is 45.8 Å². The molecule has 28 heavy (non-hydrogen) atoms. The van der Waals surface area contributed by atoms with Gasteiger partial charge in [0.15, 0.2) is 5.82 Å². The van der Waals surface area contributed by atoms with Gasteiger partial charge in [-0.05, 0) is 38.6 Å². The maximum Gasteiger partial charge on any atom is 0.289 e. The van der Waals surface area contributed by atoms with Crippen molar-refractivity contribution >= 4 is 11.8 Å². The molecule has 3 rings (SSSR count). The van der Waals surface area contributed by atoms with Crippen LogP contribution >= 0.6 is 0 Å². The van der Waals surface area contributed by atoms with Crippen molar-refractivity contribution in [2.24, 2.45) is 0 Å². The number of piperazine rings is 1. The van der Waals surface area contributed by atoms with Crippen LogP contribution in [0.1, 0.15) is 73.3 Å². The fourth-order valence-electron chi connectivity index (χ4n) is 4.29. The highest BCUT2D eigenvalue weighted by atomic mass is 16.2. The molecule has 0 aromatic carbocycles. The summed E-state index contributed by atoms with van der Waals surface area (Å²) < 4.78 is 2.03. The van der Waals surface area contributed by atoms with E-state index in [4.69, 9.17) is 0 Å². The van der Waals surface area contributed by atoms with Crippen LogP contribution in [0.2, 0.25) is 0 Å². The average Bonchev–Trinajstić information content (AvgIpc) is 3.12. The second-order valence-electron chi connectivity index (χ2n) is 7.86. The molecule has 156 valence electrons. The van der Waals surface area contributed by atoms with E-state index in [1.54, 1.807) is 0 Å². The lowest BCUT2D eigenvalue weighted by molar-refractivity contribution is 0.0636. The highest BCUT2D eigenvalue weighted by Gasteiger charge is 2.32. The molecule has 0 spiro atoms. The van der Waals surface area contributed by atoms with E-state index in [-0.39, 0.29) is 11.8 Å². The van der Waals surface area contributed by atoms with Crippen LogP contribution in [0.4, 0.5) is 0 Å². The summed E-state index contributed by atoms with van der Waals surface area (Å²) in [6, 6.07) is 0. The van der Waals surface area contributed by atoms with Gasteiger partial charge >= 0.3 is 0 Å². The Morgan fingerprint density at radius 3 is 2.25 bits per heavy atom. The zero-order chi connectivity index (χ0) is 20.1. The number of rotatable bonds is 7. The Morgan fingerprint density at radius 1 is 0.964 bits per heavy atom. The summed E-state index contributed by atoms with van der Waals surface area (Å²) in [5, 5.41) is 0. The first-order chi connectivity index (χ1) is 13.6. The van der Waals surface area contributed by atoms with Crippen molar-refractivity contribution in [3.05, 3.63) is 17.2 Å². The molecule has 7 heteroatoms. The minimum atomic E-state index is -0.0262. The molecule has 1 aromatic heterocycles. The summed E-state index contributed by atoms with van der Waals surface area (Å²) in [7, 11) is 0. The van der Waals surface area contributed by atoms with E-state index in [1.165, 1.54) is 0 Å². The molecule has 2 aliphatic heterocycles. The minimum absolute atomic E-state index is 0.00186. The second-order valence-corrected chi connectivity index (χ2v) is 7.86. The molecule has 1 fully saturated rings. The molecule has 0 saturated carbocycles. The Labute approximate surface area is 168 Å². The van der Waals surface area contributed by atoms with Gasteiger partial charge in [-0.3, -0.25) is 9.59 Å². The van der Waals surface area contributed by atoms with Gasteiger partial charge in [-0.25, -0.2) is 4.98 Å². The third kappa shape index (κ3) is 4.24. The Bertz CT molecular complexity index is 685. The van der Waals surface area contributed by atoms with Gasteiger partial charge in [-0.1, -0.05) is 20.8 Å². The molecule has 1 aromatic rings. The van der Waals surface area contributed by atoms with E-state index in [9.17, 15) is 9.59 Å². The summed E-state index contributed by atoms with van der Waals surface area (Å²) in [5.41, 5.74) is 1.48. The highest BCUT2D eigenvalue weighted by molar-refractivity contribution is 5.97. The van der Waals surface area contributed by atoms with Crippen molar-refractivity contribution < 1.29 is 9.59 Å². The van der Waals surface area contributed by atoms with Gasteiger partial charge in [0, 0.05) is 45.8 Å². The van der Waals surface area contributed by atoms with E-state index >= 15 is 0 Å². The van der Waals surface area contributed by atoms with Crippen LogP contribution in [0.3, 0.4) is 0 Å². The van der Waals surface area contributed by atoms with Crippen LogP contribution in [0.25, 0.3) is 0 Å². The first-order valence-electron chi connectivity index (χ1n) is 11.0. The number of likely N-dealkylation sites (N-methyl/N-ethyl adjacent to an activating group) is 1. The molecule has 0 atom stereocenters. The van der Waals surface area contributed by atoms with Gasteiger partial charge in [-0.2, -0.15) is 0 Å². The normalized spacial score (nSPS) is 17.5. The number of aromatic nitrogens is 2. The first kappa shape index (κ1) is 20.8. The number of carbonyl (C=O) groups excluding carboxylic acids is 2. The summed E-state index contributed by atoms with van der Waals surface area (Å²) in [6.07, 6.45) is 4.77. The Kier molecular flexibility index (Phi) is 7.10. The molecule has 0 bridgehead atoms. The molecule has 2 aliphatic rings. The minimum Gasteiger partial charge on any atom is -0.336 e. The number of amides is 2. The lowest BCUT2D eigenvalue weighted by atomic mass is 10.1. The smallest absolute Gasteiger partial charge is 0.289 e. The van der Waals surface area contributed by atoms with E-state index in [0.29, 0.717) is 11.5 Å². The zero-order valence-electron chi connectivity index (χ0n) is 17.7. The van der Waals surface area contributed by atoms with Gasteiger partial charge in [0.25, 0.3) is 11.8 Å². The summed E-state index contributed by atoms with van der Waals surface area (Å²) in [4.78, 5) is 37.2. The molecular formula is C21H35N5O2. The zero-order valence-corrected chi connectivity index (χ0v) is 17.7. The Morgan fingerprint density at radius 2 is 1.64 bits per heavy atom. The van der Waals surface area contributed by atoms with Crippen molar-refractivity contribution in [3.63, 3.8) is 0 Å². The van der Waals surface area contributed by atoms with Crippen LogP contribution in [-0.4, -0.2) is 81.9 Å². The van der Waals surface area contributed by atoms with Crippen molar-refractivity contribution in [3.8, 4) is 0 Å². The fourth-order valence-corrected chi connectivity index (χ4v) is 4.29. The predicted molar refractivity (Wildman–Crippen MR) is 110 cm³/mol. The van der Waals surface area contributed by atoms with Crippen LogP contribution in [0, 0.1) is 0 Å². The van der Waals surface area contributed by atoms with Gasteiger partial charge in [0.05, 0.1) is 5.69 Å². The van der Waals surface area contributed by atoms with E-state index in [2.05, 4.69) is 30.7 Å². The predicted octanol–water partition coefficient (Wildman–Crippen LogP) is 2.26. The second kappa shape index (κ2) is 9.54. The fraction of sp³-hybridized carbons (Fsp3) is 0.762. The average molecular weight is 390 g/mol. The van der Waals surface area contributed by atoms with Crippen LogP contribution in [0.5, 0.6) is 0 Å². The Hall–Kier alpha value is -1.89. The summed E-state index contributed by atoms with van der Waals surface area (Å²) >= 11 is 0. The quantitative estimate of drug-likeness (QED) is 0.718. The lowest BCUT2D eigenvalue weighted by Crippen LogP contribution is -2.48. The highest BCUT2D eigenvalue weighted by Crippen LogP contribution is 2.24. The molecule has 3 heterocycles. The summed E-state index contributed by atoms with van der Waals surface area (Å²) in [5.74, 6) is 0.437. The van der Waals surface area contributed by atoms with Crippen molar-refractivity contribution in [1.29, 1.82) is 0 Å². The molecule has 0 N–H and O–H groups in total. The first-order valence-corrected chi connectivity index (χ1v) is 11.0. The number of fused-ring (bicyclic) bond motifs is 1. The van der Waals surface area contributed by atoms with Crippen LogP contribution < -0.4 is 0 Å². The topological polar surface area (TPSA) is 61.7 Å². The third-order valence-corrected chi connectivity index (χ3v) is 5.89. The maximum absolute atomic E-state index is 13.2. The van der Waals surface area contributed by atoms with E-state index in [0.717, 1.165) is 90.2 Å². The molecule has 0 aliphatic carbocycles. The van der Waals surface area contributed by atoms with Gasteiger partial charge in [0.1, 0.15) is 5.69 Å². The molecule has 7 nitrogen and oxygen atoms in total. The molecule has 0 unspecified atom stereocenters. The molecule has 0 radical (unpaired) electrons. The van der Waals surface area contributed by atoms with E-state index < -0.39 is 0 Å². The summed E-state index contributed by atoms with van der Waals surface area (Å²) in [6.45, 7) is 12.9. The molecular weight excluding hydrogens is 354 g/mol. The van der Waals surface area contributed by atoms with Gasteiger partial charge in [-0.15, -0.1) is 0 Å². The van der Waals surface area contributed by atoms with E-state index in [1.807, 2.05) is 14.4 Å². The maximum atomic E-state index is 13.2. The number of carbonyl (C=O) groups is 2. The van der Waals surface area contributed by atoms with Crippen molar-refractivity contribution in [2.45, 2.75) is 59.4 Å². The van der Waals surface area contributed by atoms with Gasteiger partial charge < -0.3 is 19.3 Å². The largest absolute Gasteiger partial charge is 0.336 e. The van der Waals surface area contributed by atoms with Gasteiger partial charge in [0.2, 0.25) is 0 Å². The van der Waals surface area contributed by atoms with Crippen LogP contribution in [-0.2, 0) is 13.0 Å². The Balaban J connectivity index is 1.86. The number of nitrogens with zero attached hydrogens (tertiary/aromatic N) is 5. The molecule has 2 amide bonds. The number of imidazole rings is 1. The standard InChI is InChI=1S/C21H35N5O2/c1-4-10-24(11-5-2)21(28)19-22-18(17-9-7-8-12-26(17)19)20(27)25-15-13-23(6-3)14-16-25/h4-16H2,1-3H3. The lowest BCUT2D eigenvalue weighted by Gasteiger charge is -2.33. The van der Waals surface area contributed by atoms with Crippen LogP contribution in [0.15, 0.2) is 0 Å². The van der Waals surface area contributed by atoms with Crippen molar-refractivity contribution in [1.82, 2.24) is 24.3 Å². The number of hydrogen-bond donors (Lipinski definition) is 0. The monoisotopic (exact) mass is 389 g/mol. The third-order valence-electron chi connectivity index (χ3n) is 5.89. The number of hydrogen-bond acceptors (Lipinski definition) is 4. The SMILES string of the molecule is CCCN(CCC)C(=O)c1nc(C(=O)N2CCN(CC)CC2)c2n1CCCC2.